The molecule has 0 fully saturated rings. The van der Waals surface area contributed by atoms with Gasteiger partial charge in [0.05, 0.1) is 0 Å². The number of Topliss-reactive ketones (excluding diaryl/α,β-unsaturated/α-hetero) is 1. The zero-order valence-corrected chi connectivity index (χ0v) is 12.3. The Hall–Kier alpha value is -1.19. The molecule has 0 heterocycles. The molecule has 0 radical (unpaired) electrons. The summed E-state index contributed by atoms with van der Waals surface area (Å²) in [4.78, 5) is 12.5. The minimum atomic E-state index is 0.126. The molecular weight excluding hydrogens is 252 g/mol. The molecule has 1 aliphatic rings. The topological polar surface area (TPSA) is 35.5 Å². The molecule has 2 rings (SSSR count). The predicted octanol–water partition coefficient (Wildman–Crippen LogP) is 3.27. The zero-order valence-electron chi connectivity index (χ0n) is 12.3. The van der Waals surface area contributed by atoms with Crippen LogP contribution in [0.5, 0.6) is 0 Å². The van der Waals surface area contributed by atoms with Crippen molar-refractivity contribution in [3.8, 4) is 0 Å². The van der Waals surface area contributed by atoms with Crippen LogP contribution >= 0.6 is 0 Å². The highest BCUT2D eigenvalue weighted by atomic mass is 16.5. The highest BCUT2D eigenvalue weighted by molar-refractivity contribution is 5.99. The van der Waals surface area contributed by atoms with Crippen molar-refractivity contribution in [3.05, 3.63) is 35.4 Å². The molecule has 3 nitrogen and oxygen atoms in total. The lowest BCUT2D eigenvalue weighted by molar-refractivity contribution is 0.0775. The van der Waals surface area contributed by atoms with E-state index in [-0.39, 0.29) is 5.92 Å². The number of hydrogen-bond donors (Lipinski definition) is 0. The van der Waals surface area contributed by atoms with Crippen molar-refractivity contribution >= 4 is 5.78 Å². The van der Waals surface area contributed by atoms with Crippen LogP contribution in [0.15, 0.2) is 24.3 Å². The van der Waals surface area contributed by atoms with E-state index in [0.29, 0.717) is 19.0 Å². The molecule has 0 N–H and O–H groups in total. The lowest BCUT2D eigenvalue weighted by atomic mass is 9.93. The number of aryl methyl sites for hydroxylation is 1. The van der Waals surface area contributed by atoms with E-state index in [1.165, 1.54) is 5.56 Å². The van der Waals surface area contributed by atoms with Gasteiger partial charge in [-0.2, -0.15) is 0 Å². The number of ketones is 1. The second-order valence-electron chi connectivity index (χ2n) is 5.36. The predicted molar refractivity (Wildman–Crippen MR) is 79.1 cm³/mol. The van der Waals surface area contributed by atoms with Crippen LogP contribution in [0.25, 0.3) is 0 Å². The fourth-order valence-corrected chi connectivity index (χ4v) is 2.78. The molecular formula is C17H24O3. The van der Waals surface area contributed by atoms with Crippen molar-refractivity contribution in [1.82, 2.24) is 0 Å². The minimum Gasteiger partial charge on any atom is -0.385 e. The Morgan fingerprint density at radius 2 is 2.05 bits per heavy atom. The third-order valence-corrected chi connectivity index (χ3v) is 3.90. The van der Waals surface area contributed by atoms with E-state index >= 15 is 0 Å². The van der Waals surface area contributed by atoms with Gasteiger partial charge >= 0.3 is 0 Å². The summed E-state index contributed by atoms with van der Waals surface area (Å²) in [5.74, 6) is 0.430. The Bertz CT molecular complexity index is 428. The molecule has 0 amide bonds. The molecule has 3 heteroatoms. The third-order valence-electron chi connectivity index (χ3n) is 3.90. The number of rotatable bonds is 7. The zero-order chi connectivity index (χ0) is 14.2. The Balaban J connectivity index is 1.82. The van der Waals surface area contributed by atoms with Crippen LogP contribution in [0.1, 0.15) is 41.6 Å². The summed E-state index contributed by atoms with van der Waals surface area (Å²) >= 11 is 0. The highest BCUT2D eigenvalue weighted by Gasteiger charge is 2.24. The van der Waals surface area contributed by atoms with Crippen LogP contribution in [0.4, 0.5) is 0 Å². The molecule has 0 aromatic heterocycles. The van der Waals surface area contributed by atoms with E-state index in [1.807, 2.05) is 18.2 Å². The van der Waals surface area contributed by atoms with Gasteiger partial charge in [0.15, 0.2) is 5.78 Å². The fourth-order valence-electron chi connectivity index (χ4n) is 2.78. The third kappa shape index (κ3) is 4.15. The molecule has 20 heavy (non-hydrogen) atoms. The maximum atomic E-state index is 12.5. The molecule has 1 aromatic carbocycles. The molecule has 0 saturated carbocycles. The van der Waals surface area contributed by atoms with Crippen molar-refractivity contribution in [3.63, 3.8) is 0 Å². The molecule has 0 saturated heterocycles. The van der Waals surface area contributed by atoms with Crippen molar-refractivity contribution in [2.75, 3.05) is 26.9 Å². The SMILES string of the molecule is COCCCOCCC1CCCc2ccccc2C1=O. The van der Waals surface area contributed by atoms with Crippen molar-refractivity contribution in [1.29, 1.82) is 0 Å². The largest absolute Gasteiger partial charge is 0.385 e. The van der Waals surface area contributed by atoms with E-state index in [9.17, 15) is 4.79 Å². The first-order valence-corrected chi connectivity index (χ1v) is 7.51. The number of benzene rings is 1. The quantitative estimate of drug-likeness (QED) is 0.566. The van der Waals surface area contributed by atoms with Crippen LogP contribution in [0.2, 0.25) is 0 Å². The Kier molecular flexibility index (Phi) is 6.22. The van der Waals surface area contributed by atoms with Crippen LogP contribution in [0, 0.1) is 5.92 Å². The Morgan fingerprint density at radius 1 is 1.20 bits per heavy atom. The standard InChI is InChI=1S/C17H24O3/c1-19-11-5-12-20-13-10-15-8-4-7-14-6-2-3-9-16(14)17(15)18/h2-3,6,9,15H,4-5,7-8,10-13H2,1H3. The van der Waals surface area contributed by atoms with Gasteiger partial charge in [-0.1, -0.05) is 24.3 Å². The lowest BCUT2D eigenvalue weighted by Crippen LogP contribution is -2.16. The molecule has 1 atom stereocenters. The monoisotopic (exact) mass is 276 g/mol. The van der Waals surface area contributed by atoms with Gasteiger partial charge in [0.25, 0.3) is 0 Å². The molecule has 0 bridgehead atoms. The van der Waals surface area contributed by atoms with Crippen LogP contribution in [0.3, 0.4) is 0 Å². The molecule has 1 aromatic rings. The van der Waals surface area contributed by atoms with Crippen molar-refractivity contribution in [2.24, 2.45) is 5.92 Å². The van der Waals surface area contributed by atoms with Gasteiger partial charge in [0.1, 0.15) is 0 Å². The summed E-state index contributed by atoms with van der Waals surface area (Å²) in [6, 6.07) is 8.03. The van der Waals surface area contributed by atoms with Gasteiger partial charge < -0.3 is 9.47 Å². The second-order valence-corrected chi connectivity index (χ2v) is 5.36. The number of ether oxygens (including phenoxy) is 2. The Labute approximate surface area is 121 Å². The molecule has 0 aliphatic heterocycles. The maximum Gasteiger partial charge on any atom is 0.166 e. The average molecular weight is 276 g/mol. The smallest absolute Gasteiger partial charge is 0.166 e. The van der Waals surface area contributed by atoms with Crippen LogP contribution in [-0.4, -0.2) is 32.7 Å². The van der Waals surface area contributed by atoms with E-state index in [4.69, 9.17) is 9.47 Å². The van der Waals surface area contributed by atoms with E-state index in [0.717, 1.165) is 44.3 Å². The number of methoxy groups -OCH3 is 1. The molecule has 1 aliphatic carbocycles. The van der Waals surface area contributed by atoms with E-state index in [1.54, 1.807) is 7.11 Å². The van der Waals surface area contributed by atoms with Gasteiger partial charge in [-0.25, -0.2) is 0 Å². The number of carbonyl (C=O) groups is 1. The van der Waals surface area contributed by atoms with Gasteiger partial charge in [0.2, 0.25) is 0 Å². The van der Waals surface area contributed by atoms with Crippen molar-refractivity contribution in [2.45, 2.75) is 32.1 Å². The first-order valence-electron chi connectivity index (χ1n) is 7.51. The summed E-state index contributed by atoms with van der Waals surface area (Å²) in [5.41, 5.74) is 2.13. The minimum absolute atomic E-state index is 0.126. The average Bonchev–Trinajstić information content (AvgIpc) is 2.63. The number of hydrogen-bond acceptors (Lipinski definition) is 3. The number of carbonyl (C=O) groups excluding carboxylic acids is 1. The van der Waals surface area contributed by atoms with Crippen LogP contribution in [-0.2, 0) is 15.9 Å². The summed E-state index contributed by atoms with van der Waals surface area (Å²) in [5, 5.41) is 0. The molecule has 1 unspecified atom stereocenters. The normalized spacial score (nSPS) is 18.6. The summed E-state index contributed by atoms with van der Waals surface area (Å²) in [6.45, 7) is 2.11. The molecule has 110 valence electrons. The highest BCUT2D eigenvalue weighted by Crippen LogP contribution is 2.26. The second kappa shape index (κ2) is 8.18. The Morgan fingerprint density at radius 3 is 2.90 bits per heavy atom. The maximum absolute atomic E-state index is 12.5. The fraction of sp³-hybridized carbons (Fsp3) is 0.588. The van der Waals surface area contributed by atoms with Crippen LogP contribution < -0.4 is 0 Å². The lowest BCUT2D eigenvalue weighted by Gasteiger charge is -2.13. The van der Waals surface area contributed by atoms with E-state index in [2.05, 4.69) is 6.07 Å². The van der Waals surface area contributed by atoms with Crippen molar-refractivity contribution < 1.29 is 14.3 Å². The number of fused-ring (bicyclic) bond motifs is 1. The van der Waals surface area contributed by atoms with Gasteiger partial charge in [0, 0.05) is 38.4 Å². The first-order chi connectivity index (χ1) is 9.83. The van der Waals surface area contributed by atoms with Gasteiger partial charge in [-0.15, -0.1) is 0 Å². The summed E-state index contributed by atoms with van der Waals surface area (Å²) in [7, 11) is 1.70. The first kappa shape index (κ1) is 15.2. The van der Waals surface area contributed by atoms with Gasteiger partial charge in [-0.05, 0) is 37.7 Å². The van der Waals surface area contributed by atoms with E-state index < -0.39 is 0 Å². The van der Waals surface area contributed by atoms with Gasteiger partial charge in [-0.3, -0.25) is 4.79 Å². The molecule has 0 spiro atoms. The summed E-state index contributed by atoms with van der Waals surface area (Å²) < 4.78 is 10.6. The summed E-state index contributed by atoms with van der Waals surface area (Å²) in [6.07, 6.45) is 4.84.